The highest BCUT2D eigenvalue weighted by atomic mass is 32.1. The van der Waals surface area contributed by atoms with E-state index >= 15 is 0 Å². The molecule has 6 heteroatoms. The molecule has 94 valence electrons. The van der Waals surface area contributed by atoms with Crippen LogP contribution in [0, 0.1) is 4.64 Å². The van der Waals surface area contributed by atoms with Gasteiger partial charge in [-0.15, -0.1) is 0 Å². The second-order valence-corrected chi connectivity index (χ2v) is 3.84. The SMILES string of the molecule is CCOc1cncc(-c2[nH]cnc(=S)c2OC)c1. The maximum absolute atomic E-state index is 5.41. The minimum atomic E-state index is 0.410. The van der Waals surface area contributed by atoms with Crippen LogP contribution in [0.3, 0.4) is 0 Å². The topological polar surface area (TPSA) is 60.0 Å². The summed E-state index contributed by atoms with van der Waals surface area (Å²) in [5.74, 6) is 1.23. The Morgan fingerprint density at radius 3 is 2.94 bits per heavy atom. The molecule has 0 radical (unpaired) electrons. The summed E-state index contributed by atoms with van der Waals surface area (Å²) in [5, 5.41) is 0. The average molecular weight is 263 g/mol. The molecule has 2 rings (SSSR count). The molecule has 0 aliphatic carbocycles. The zero-order valence-electron chi connectivity index (χ0n) is 10.1. The summed E-state index contributed by atoms with van der Waals surface area (Å²) < 4.78 is 11.1. The van der Waals surface area contributed by atoms with Gasteiger partial charge >= 0.3 is 0 Å². The highest BCUT2D eigenvalue weighted by molar-refractivity contribution is 7.71. The quantitative estimate of drug-likeness (QED) is 0.859. The molecule has 0 saturated carbocycles. The van der Waals surface area contributed by atoms with Gasteiger partial charge in [-0.1, -0.05) is 12.2 Å². The fourth-order valence-electron chi connectivity index (χ4n) is 1.59. The Morgan fingerprint density at radius 2 is 2.22 bits per heavy atom. The molecule has 18 heavy (non-hydrogen) atoms. The van der Waals surface area contributed by atoms with E-state index in [1.165, 1.54) is 6.33 Å². The Labute approximate surface area is 110 Å². The lowest BCUT2D eigenvalue weighted by molar-refractivity contribution is 0.339. The zero-order chi connectivity index (χ0) is 13.0. The Hall–Kier alpha value is -1.95. The van der Waals surface area contributed by atoms with E-state index in [-0.39, 0.29) is 0 Å². The first kappa shape index (κ1) is 12.5. The molecule has 1 N–H and O–H groups in total. The predicted octanol–water partition coefficient (Wildman–Crippen LogP) is 2.61. The van der Waals surface area contributed by atoms with E-state index in [9.17, 15) is 0 Å². The number of ether oxygens (including phenoxy) is 2. The number of nitrogens with one attached hydrogen (secondary N) is 1. The summed E-state index contributed by atoms with van der Waals surface area (Å²) in [6, 6.07) is 1.87. The summed E-state index contributed by atoms with van der Waals surface area (Å²) in [7, 11) is 1.56. The van der Waals surface area contributed by atoms with E-state index in [4.69, 9.17) is 21.7 Å². The monoisotopic (exact) mass is 263 g/mol. The van der Waals surface area contributed by atoms with Crippen molar-refractivity contribution in [2.45, 2.75) is 6.92 Å². The number of H-pyrrole nitrogens is 1. The number of nitrogens with zero attached hydrogens (tertiary/aromatic N) is 2. The van der Waals surface area contributed by atoms with Crippen LogP contribution in [0.2, 0.25) is 0 Å². The van der Waals surface area contributed by atoms with Gasteiger partial charge in [0.1, 0.15) is 5.75 Å². The van der Waals surface area contributed by atoms with Gasteiger partial charge in [0.25, 0.3) is 0 Å². The summed E-state index contributed by atoms with van der Waals surface area (Å²) in [5.41, 5.74) is 1.58. The number of hydrogen-bond donors (Lipinski definition) is 1. The highest BCUT2D eigenvalue weighted by Crippen LogP contribution is 2.29. The van der Waals surface area contributed by atoms with Crippen LogP contribution in [0.25, 0.3) is 11.3 Å². The van der Waals surface area contributed by atoms with Gasteiger partial charge in [0.05, 0.1) is 31.9 Å². The maximum atomic E-state index is 5.41. The van der Waals surface area contributed by atoms with E-state index < -0.39 is 0 Å². The Morgan fingerprint density at radius 1 is 1.39 bits per heavy atom. The number of aromatic amines is 1. The highest BCUT2D eigenvalue weighted by Gasteiger charge is 2.09. The molecule has 0 saturated heterocycles. The van der Waals surface area contributed by atoms with E-state index in [0.717, 1.165) is 11.3 Å². The molecule has 0 unspecified atom stereocenters. The molecular formula is C12H13N3O2S. The van der Waals surface area contributed by atoms with Crippen molar-refractivity contribution in [2.75, 3.05) is 13.7 Å². The number of pyridine rings is 1. The number of rotatable bonds is 4. The second kappa shape index (κ2) is 5.59. The van der Waals surface area contributed by atoms with Gasteiger partial charge in [-0.25, -0.2) is 4.98 Å². The normalized spacial score (nSPS) is 10.1. The molecule has 0 aromatic carbocycles. The fraction of sp³-hybridized carbons (Fsp3) is 0.250. The molecule has 0 amide bonds. The molecule has 0 fully saturated rings. The third-order valence-electron chi connectivity index (χ3n) is 2.33. The van der Waals surface area contributed by atoms with Gasteiger partial charge in [0.15, 0.2) is 10.4 Å². The Bertz CT molecular complexity index is 598. The van der Waals surface area contributed by atoms with Gasteiger partial charge in [-0.2, -0.15) is 0 Å². The van der Waals surface area contributed by atoms with Gasteiger partial charge in [0, 0.05) is 11.8 Å². The summed E-state index contributed by atoms with van der Waals surface area (Å²) in [4.78, 5) is 11.1. The summed E-state index contributed by atoms with van der Waals surface area (Å²) >= 11 is 5.11. The summed E-state index contributed by atoms with van der Waals surface area (Å²) in [6.45, 7) is 2.52. The zero-order valence-corrected chi connectivity index (χ0v) is 11.0. The van der Waals surface area contributed by atoms with Gasteiger partial charge in [0.2, 0.25) is 0 Å². The van der Waals surface area contributed by atoms with Crippen molar-refractivity contribution in [3.8, 4) is 22.8 Å². The predicted molar refractivity (Wildman–Crippen MR) is 70.4 cm³/mol. The minimum Gasteiger partial charge on any atom is -0.492 e. The van der Waals surface area contributed by atoms with Crippen molar-refractivity contribution in [3.05, 3.63) is 29.4 Å². The number of methoxy groups -OCH3 is 1. The minimum absolute atomic E-state index is 0.410. The molecule has 0 aliphatic rings. The third-order valence-corrected chi connectivity index (χ3v) is 2.62. The lowest BCUT2D eigenvalue weighted by Crippen LogP contribution is -1.96. The van der Waals surface area contributed by atoms with Crippen LogP contribution in [0.1, 0.15) is 6.92 Å². The van der Waals surface area contributed by atoms with Crippen LogP contribution in [0.5, 0.6) is 11.5 Å². The molecule has 0 aliphatic heterocycles. The van der Waals surface area contributed by atoms with Crippen molar-refractivity contribution >= 4 is 12.2 Å². The van der Waals surface area contributed by atoms with Crippen LogP contribution in [0.4, 0.5) is 0 Å². The van der Waals surface area contributed by atoms with E-state index in [1.807, 2.05) is 13.0 Å². The second-order valence-electron chi connectivity index (χ2n) is 3.46. The van der Waals surface area contributed by atoms with Gasteiger partial charge in [-0.3, -0.25) is 4.98 Å². The van der Waals surface area contributed by atoms with Crippen LogP contribution < -0.4 is 9.47 Å². The molecular weight excluding hydrogens is 250 g/mol. The first-order valence-electron chi connectivity index (χ1n) is 5.46. The lowest BCUT2D eigenvalue weighted by atomic mass is 10.2. The third kappa shape index (κ3) is 2.48. The molecule has 2 heterocycles. The number of hydrogen-bond acceptors (Lipinski definition) is 5. The standard InChI is InChI=1S/C12H13N3O2S/c1-3-17-9-4-8(5-13-6-9)10-11(16-2)12(18)15-7-14-10/h4-7H,3H2,1-2H3,(H,14,15,18). The van der Waals surface area contributed by atoms with Crippen molar-refractivity contribution < 1.29 is 9.47 Å². The van der Waals surface area contributed by atoms with Crippen LogP contribution in [0.15, 0.2) is 24.8 Å². The Balaban J connectivity index is 2.51. The molecule has 0 spiro atoms. The van der Waals surface area contributed by atoms with Gasteiger partial charge in [-0.05, 0) is 13.0 Å². The van der Waals surface area contributed by atoms with E-state index in [0.29, 0.717) is 22.7 Å². The average Bonchev–Trinajstić information content (AvgIpc) is 2.39. The number of aromatic nitrogens is 3. The Kier molecular flexibility index (Phi) is 3.88. The van der Waals surface area contributed by atoms with Crippen LogP contribution in [-0.2, 0) is 0 Å². The first-order valence-corrected chi connectivity index (χ1v) is 5.87. The lowest BCUT2D eigenvalue weighted by Gasteiger charge is -2.09. The van der Waals surface area contributed by atoms with Crippen molar-refractivity contribution in [2.24, 2.45) is 0 Å². The van der Waals surface area contributed by atoms with Crippen LogP contribution >= 0.6 is 12.2 Å². The van der Waals surface area contributed by atoms with Crippen molar-refractivity contribution in [1.29, 1.82) is 0 Å². The molecule has 2 aromatic rings. The van der Waals surface area contributed by atoms with E-state index in [1.54, 1.807) is 19.5 Å². The molecule has 2 aromatic heterocycles. The molecule has 5 nitrogen and oxygen atoms in total. The molecule has 0 atom stereocenters. The largest absolute Gasteiger partial charge is 0.492 e. The maximum Gasteiger partial charge on any atom is 0.179 e. The molecule has 0 bridgehead atoms. The smallest absolute Gasteiger partial charge is 0.179 e. The first-order chi connectivity index (χ1) is 8.76. The van der Waals surface area contributed by atoms with Crippen molar-refractivity contribution in [1.82, 2.24) is 15.0 Å². The van der Waals surface area contributed by atoms with Crippen molar-refractivity contribution in [3.63, 3.8) is 0 Å². The summed E-state index contributed by atoms with van der Waals surface area (Å²) in [6.07, 6.45) is 4.91. The van der Waals surface area contributed by atoms with E-state index in [2.05, 4.69) is 15.0 Å². The fourth-order valence-corrected chi connectivity index (χ4v) is 1.83. The van der Waals surface area contributed by atoms with Crippen LogP contribution in [-0.4, -0.2) is 28.7 Å². The van der Waals surface area contributed by atoms with Gasteiger partial charge < -0.3 is 14.5 Å².